The number of thioether (sulfide) groups is 1. The van der Waals surface area contributed by atoms with E-state index in [1.54, 1.807) is 30.0 Å². The number of rotatable bonds is 3. The number of amidine groups is 1. The molecule has 1 aliphatic heterocycles. The van der Waals surface area contributed by atoms with Crippen LogP contribution in [0.3, 0.4) is 0 Å². The van der Waals surface area contributed by atoms with Crippen LogP contribution >= 0.6 is 11.8 Å². The van der Waals surface area contributed by atoms with E-state index < -0.39 is 6.61 Å². The Balaban J connectivity index is 2.16. The first-order chi connectivity index (χ1) is 9.86. The summed E-state index contributed by atoms with van der Waals surface area (Å²) in [6, 6.07) is 6.89. The number of halogens is 2. The molecule has 0 saturated carbocycles. The number of hydrogen-bond donors (Lipinski definition) is 1. The molecule has 1 N–H and O–H groups in total. The molecule has 0 aliphatic carbocycles. The van der Waals surface area contributed by atoms with Crippen LogP contribution in [0.15, 0.2) is 29.3 Å². The number of alkyl halides is 2. The number of aliphatic imine (C=N–C) groups is 1. The maximum atomic E-state index is 12.4. The first-order valence-electron chi connectivity index (χ1n) is 6.88. The van der Waals surface area contributed by atoms with Gasteiger partial charge < -0.3 is 10.1 Å². The van der Waals surface area contributed by atoms with Crippen LogP contribution in [0.4, 0.5) is 14.5 Å². The van der Waals surface area contributed by atoms with E-state index in [2.05, 4.69) is 30.8 Å². The van der Waals surface area contributed by atoms with Crippen molar-refractivity contribution in [1.82, 2.24) is 0 Å². The molecule has 0 aromatic heterocycles. The van der Waals surface area contributed by atoms with Gasteiger partial charge in [-0.1, -0.05) is 44.7 Å². The Bertz CT molecular complexity index is 515. The molecule has 1 unspecified atom stereocenters. The zero-order valence-corrected chi connectivity index (χ0v) is 13.2. The first kappa shape index (κ1) is 16.1. The van der Waals surface area contributed by atoms with Gasteiger partial charge in [0.25, 0.3) is 0 Å². The normalized spacial score (nSPS) is 19.3. The van der Waals surface area contributed by atoms with Crippen molar-refractivity contribution in [3.63, 3.8) is 0 Å². The lowest BCUT2D eigenvalue weighted by atomic mass is 9.85. The lowest BCUT2D eigenvalue weighted by molar-refractivity contribution is -0.0493. The lowest BCUT2D eigenvalue weighted by Crippen LogP contribution is -2.30. The smallest absolute Gasteiger partial charge is 0.387 e. The molecular formula is C15H20F2N2OS. The number of nitrogens with one attached hydrogen (secondary N) is 1. The van der Waals surface area contributed by atoms with Crippen LogP contribution in [0, 0.1) is 5.41 Å². The van der Waals surface area contributed by atoms with Crippen LogP contribution in [0.25, 0.3) is 0 Å². The number of para-hydroxylation sites is 2. The van der Waals surface area contributed by atoms with Crippen molar-refractivity contribution in [3.8, 4) is 5.75 Å². The fourth-order valence-electron chi connectivity index (χ4n) is 2.09. The summed E-state index contributed by atoms with van der Waals surface area (Å²) in [5, 5.41) is 3.87. The van der Waals surface area contributed by atoms with Crippen molar-refractivity contribution >= 4 is 22.6 Å². The average molecular weight is 314 g/mol. The summed E-state index contributed by atoms with van der Waals surface area (Å²) in [5.41, 5.74) is 0.603. The molecule has 6 heteroatoms. The summed E-state index contributed by atoms with van der Waals surface area (Å²) in [6.07, 6.45) is 1.02. The summed E-state index contributed by atoms with van der Waals surface area (Å²) < 4.78 is 29.3. The molecule has 0 spiro atoms. The van der Waals surface area contributed by atoms with Gasteiger partial charge in [0.05, 0.1) is 11.7 Å². The largest absolute Gasteiger partial charge is 0.433 e. The van der Waals surface area contributed by atoms with Gasteiger partial charge in [-0.25, -0.2) is 0 Å². The minimum Gasteiger partial charge on any atom is -0.433 e. The predicted molar refractivity (Wildman–Crippen MR) is 84.4 cm³/mol. The quantitative estimate of drug-likeness (QED) is 0.884. The third kappa shape index (κ3) is 4.59. The van der Waals surface area contributed by atoms with E-state index in [1.807, 2.05) is 0 Å². The molecule has 2 rings (SSSR count). The highest BCUT2D eigenvalue weighted by Crippen LogP contribution is 2.32. The van der Waals surface area contributed by atoms with E-state index in [0.717, 1.165) is 17.3 Å². The standard InChI is InChI=1S/C15H20F2N2OS/c1-15(2,3)12-8-9-21-14(19-12)18-10-6-4-5-7-11(10)20-13(16)17/h4-7,12-13H,8-9H2,1-3H3,(H,18,19). The molecule has 1 heterocycles. The number of benzene rings is 1. The van der Waals surface area contributed by atoms with E-state index in [9.17, 15) is 8.78 Å². The third-order valence-corrected chi connectivity index (χ3v) is 4.17. The topological polar surface area (TPSA) is 33.6 Å². The zero-order valence-electron chi connectivity index (χ0n) is 12.4. The van der Waals surface area contributed by atoms with Crippen LogP contribution in [0.5, 0.6) is 5.75 Å². The Morgan fingerprint density at radius 2 is 2.05 bits per heavy atom. The maximum Gasteiger partial charge on any atom is 0.387 e. The molecule has 0 bridgehead atoms. The minimum absolute atomic E-state index is 0.0902. The van der Waals surface area contributed by atoms with E-state index >= 15 is 0 Å². The van der Waals surface area contributed by atoms with E-state index in [-0.39, 0.29) is 17.2 Å². The average Bonchev–Trinajstić information content (AvgIpc) is 2.40. The Morgan fingerprint density at radius 1 is 1.33 bits per heavy atom. The minimum atomic E-state index is -2.84. The van der Waals surface area contributed by atoms with Gasteiger partial charge in [-0.3, -0.25) is 4.99 Å². The predicted octanol–water partition coefficient (Wildman–Crippen LogP) is 4.61. The summed E-state index contributed by atoms with van der Waals surface area (Å²) in [7, 11) is 0. The molecule has 116 valence electrons. The Hall–Kier alpha value is -1.30. The fourth-order valence-corrected chi connectivity index (χ4v) is 3.01. The highest BCUT2D eigenvalue weighted by Gasteiger charge is 2.27. The molecule has 0 fully saturated rings. The second-order valence-electron chi connectivity index (χ2n) is 5.95. The summed E-state index contributed by atoms with van der Waals surface area (Å²) in [4.78, 5) is 4.69. The lowest BCUT2D eigenvalue weighted by Gasteiger charge is -2.31. The van der Waals surface area contributed by atoms with Gasteiger partial charge in [0.2, 0.25) is 0 Å². The number of nitrogens with zero attached hydrogens (tertiary/aromatic N) is 1. The number of ether oxygens (including phenoxy) is 1. The van der Waals surface area contributed by atoms with Crippen LogP contribution in [-0.2, 0) is 0 Å². The second kappa shape index (κ2) is 6.64. The molecule has 0 radical (unpaired) electrons. The SMILES string of the molecule is CC(C)(C)C1CCSC(Nc2ccccc2OC(F)F)=N1. The Labute approximate surface area is 128 Å². The van der Waals surface area contributed by atoms with Crippen molar-refractivity contribution in [2.45, 2.75) is 39.8 Å². The first-order valence-corrected chi connectivity index (χ1v) is 7.86. The Kier molecular flexibility index (Phi) is 5.08. The van der Waals surface area contributed by atoms with Crippen LogP contribution in [0.1, 0.15) is 27.2 Å². The van der Waals surface area contributed by atoms with Gasteiger partial charge in [-0.15, -0.1) is 0 Å². The van der Waals surface area contributed by atoms with Crippen molar-refractivity contribution in [1.29, 1.82) is 0 Å². The van der Waals surface area contributed by atoms with E-state index in [1.165, 1.54) is 6.07 Å². The summed E-state index contributed by atoms with van der Waals surface area (Å²) in [6.45, 7) is 3.63. The second-order valence-corrected chi connectivity index (χ2v) is 7.04. The Morgan fingerprint density at radius 3 is 2.71 bits per heavy atom. The van der Waals surface area contributed by atoms with Crippen LogP contribution < -0.4 is 10.1 Å². The molecule has 1 aromatic rings. The highest BCUT2D eigenvalue weighted by atomic mass is 32.2. The maximum absolute atomic E-state index is 12.4. The van der Waals surface area contributed by atoms with Crippen molar-refractivity contribution in [3.05, 3.63) is 24.3 Å². The zero-order chi connectivity index (χ0) is 15.5. The van der Waals surface area contributed by atoms with Gasteiger partial charge in [-0.05, 0) is 24.0 Å². The van der Waals surface area contributed by atoms with Crippen molar-refractivity contribution in [2.24, 2.45) is 10.4 Å². The molecule has 1 aromatic carbocycles. The van der Waals surface area contributed by atoms with Crippen LogP contribution in [0.2, 0.25) is 0 Å². The van der Waals surface area contributed by atoms with Crippen molar-refractivity contribution in [2.75, 3.05) is 11.1 Å². The molecule has 3 nitrogen and oxygen atoms in total. The summed E-state index contributed by atoms with van der Waals surface area (Å²) in [5.74, 6) is 1.10. The van der Waals surface area contributed by atoms with Gasteiger partial charge >= 0.3 is 6.61 Å². The number of hydrogen-bond acceptors (Lipinski definition) is 4. The van der Waals surface area contributed by atoms with Gasteiger partial charge in [0.1, 0.15) is 5.75 Å². The van der Waals surface area contributed by atoms with E-state index in [4.69, 9.17) is 4.99 Å². The summed E-state index contributed by atoms with van der Waals surface area (Å²) >= 11 is 1.60. The van der Waals surface area contributed by atoms with Crippen LogP contribution in [-0.4, -0.2) is 23.6 Å². The molecule has 1 atom stereocenters. The molecule has 0 amide bonds. The molecule has 1 aliphatic rings. The monoisotopic (exact) mass is 314 g/mol. The van der Waals surface area contributed by atoms with Gasteiger partial charge in [-0.2, -0.15) is 8.78 Å². The van der Waals surface area contributed by atoms with E-state index in [0.29, 0.717) is 5.69 Å². The fraction of sp³-hybridized carbons (Fsp3) is 0.533. The highest BCUT2D eigenvalue weighted by molar-refractivity contribution is 8.14. The third-order valence-electron chi connectivity index (χ3n) is 3.25. The van der Waals surface area contributed by atoms with Gasteiger partial charge in [0.15, 0.2) is 5.17 Å². The number of anilines is 1. The molecule has 21 heavy (non-hydrogen) atoms. The van der Waals surface area contributed by atoms with Gasteiger partial charge in [0, 0.05) is 5.75 Å². The van der Waals surface area contributed by atoms with Crippen molar-refractivity contribution < 1.29 is 13.5 Å². The molecular weight excluding hydrogens is 294 g/mol. The molecule has 0 saturated heterocycles.